The van der Waals surface area contributed by atoms with Gasteiger partial charge in [-0.1, -0.05) is 20.8 Å². The summed E-state index contributed by atoms with van der Waals surface area (Å²) in [6.45, 7) is 7.75. The Labute approximate surface area is 124 Å². The van der Waals surface area contributed by atoms with Crippen molar-refractivity contribution in [2.24, 2.45) is 0 Å². The van der Waals surface area contributed by atoms with Crippen molar-refractivity contribution < 1.29 is 0 Å². The standard InChI is InChI=1S/C16H23NS2/c1-4-11-17-16(14-9-7-12(5-2)18-14)15-10-8-13(6-3)19-15/h7-10,16-17H,4-6,11H2,1-3H3. The van der Waals surface area contributed by atoms with Gasteiger partial charge in [0.2, 0.25) is 0 Å². The van der Waals surface area contributed by atoms with Gasteiger partial charge in [0, 0.05) is 19.5 Å². The lowest BCUT2D eigenvalue weighted by Crippen LogP contribution is -2.21. The van der Waals surface area contributed by atoms with Crippen molar-refractivity contribution in [1.82, 2.24) is 5.32 Å². The van der Waals surface area contributed by atoms with Gasteiger partial charge in [-0.25, -0.2) is 0 Å². The van der Waals surface area contributed by atoms with E-state index in [1.54, 1.807) is 0 Å². The van der Waals surface area contributed by atoms with Crippen LogP contribution in [0.3, 0.4) is 0 Å². The van der Waals surface area contributed by atoms with Crippen LogP contribution in [0.25, 0.3) is 0 Å². The minimum Gasteiger partial charge on any atom is -0.305 e. The molecule has 104 valence electrons. The molecule has 1 N–H and O–H groups in total. The zero-order valence-corrected chi connectivity index (χ0v) is 13.7. The van der Waals surface area contributed by atoms with E-state index in [2.05, 4.69) is 50.4 Å². The molecule has 0 aromatic carbocycles. The van der Waals surface area contributed by atoms with Crippen LogP contribution in [-0.2, 0) is 12.8 Å². The Morgan fingerprint density at radius 1 is 0.895 bits per heavy atom. The van der Waals surface area contributed by atoms with Crippen LogP contribution < -0.4 is 5.32 Å². The second kappa shape index (κ2) is 7.22. The number of hydrogen-bond acceptors (Lipinski definition) is 3. The molecule has 0 fully saturated rings. The van der Waals surface area contributed by atoms with Gasteiger partial charge in [-0.15, -0.1) is 22.7 Å². The molecule has 0 bridgehead atoms. The van der Waals surface area contributed by atoms with Crippen molar-refractivity contribution in [3.05, 3.63) is 43.8 Å². The highest BCUT2D eigenvalue weighted by Gasteiger charge is 2.17. The Morgan fingerprint density at radius 3 is 1.79 bits per heavy atom. The van der Waals surface area contributed by atoms with Crippen molar-refractivity contribution in [2.75, 3.05) is 6.54 Å². The lowest BCUT2D eigenvalue weighted by atomic mass is 10.2. The van der Waals surface area contributed by atoms with E-state index in [0.717, 1.165) is 19.4 Å². The van der Waals surface area contributed by atoms with Gasteiger partial charge in [0.1, 0.15) is 0 Å². The predicted octanol–water partition coefficient (Wildman–Crippen LogP) is 5.02. The van der Waals surface area contributed by atoms with Crippen LogP contribution >= 0.6 is 22.7 Å². The summed E-state index contributed by atoms with van der Waals surface area (Å²) in [6, 6.07) is 9.52. The fraction of sp³-hybridized carbons (Fsp3) is 0.500. The first-order valence-electron chi connectivity index (χ1n) is 7.19. The van der Waals surface area contributed by atoms with E-state index >= 15 is 0 Å². The van der Waals surface area contributed by atoms with Crippen LogP contribution in [0.4, 0.5) is 0 Å². The average molecular weight is 294 g/mol. The lowest BCUT2D eigenvalue weighted by Gasteiger charge is -2.15. The number of aryl methyl sites for hydroxylation is 2. The molecule has 2 heterocycles. The second-order valence-electron chi connectivity index (χ2n) is 4.70. The minimum absolute atomic E-state index is 0.385. The molecule has 0 atom stereocenters. The van der Waals surface area contributed by atoms with Gasteiger partial charge < -0.3 is 5.32 Å². The molecule has 1 nitrogen and oxygen atoms in total. The Hall–Kier alpha value is -0.640. The first-order valence-corrected chi connectivity index (χ1v) is 8.82. The quantitative estimate of drug-likeness (QED) is 0.755. The Balaban J connectivity index is 2.23. The minimum atomic E-state index is 0.385. The number of nitrogens with one attached hydrogen (secondary N) is 1. The molecule has 3 heteroatoms. The molecule has 0 saturated carbocycles. The van der Waals surface area contributed by atoms with Crippen LogP contribution in [0.15, 0.2) is 24.3 Å². The summed E-state index contributed by atoms with van der Waals surface area (Å²) in [4.78, 5) is 5.86. The molecule has 0 unspecified atom stereocenters. The van der Waals surface area contributed by atoms with Gasteiger partial charge in [-0.05, 0) is 50.1 Å². The molecule has 0 saturated heterocycles. The predicted molar refractivity (Wildman–Crippen MR) is 87.5 cm³/mol. The number of hydrogen-bond donors (Lipinski definition) is 1. The van der Waals surface area contributed by atoms with Crippen molar-refractivity contribution >= 4 is 22.7 Å². The summed E-state index contributed by atoms with van der Waals surface area (Å²) in [5.74, 6) is 0. The van der Waals surface area contributed by atoms with Crippen molar-refractivity contribution in [3.63, 3.8) is 0 Å². The highest BCUT2D eigenvalue weighted by molar-refractivity contribution is 7.13. The molecule has 19 heavy (non-hydrogen) atoms. The largest absolute Gasteiger partial charge is 0.305 e. The van der Waals surface area contributed by atoms with Gasteiger partial charge in [0.05, 0.1) is 6.04 Å². The molecule has 0 radical (unpaired) electrons. The van der Waals surface area contributed by atoms with E-state index < -0.39 is 0 Å². The summed E-state index contributed by atoms with van der Waals surface area (Å²) in [5.41, 5.74) is 0. The monoisotopic (exact) mass is 293 g/mol. The normalized spacial score (nSPS) is 11.4. The van der Waals surface area contributed by atoms with E-state index in [-0.39, 0.29) is 0 Å². The lowest BCUT2D eigenvalue weighted by molar-refractivity contribution is 0.613. The summed E-state index contributed by atoms with van der Waals surface area (Å²) in [6.07, 6.45) is 3.44. The van der Waals surface area contributed by atoms with Crippen LogP contribution in [0.5, 0.6) is 0 Å². The number of thiophene rings is 2. The fourth-order valence-corrected chi connectivity index (χ4v) is 4.28. The van der Waals surface area contributed by atoms with E-state index in [1.807, 2.05) is 22.7 Å². The molecule has 0 aliphatic rings. The van der Waals surface area contributed by atoms with Crippen LogP contribution in [0.1, 0.15) is 52.7 Å². The SMILES string of the molecule is CCCNC(c1ccc(CC)s1)c1ccc(CC)s1. The van der Waals surface area contributed by atoms with E-state index in [0.29, 0.717) is 6.04 Å². The first-order chi connectivity index (χ1) is 9.28. The Morgan fingerprint density at radius 2 is 1.42 bits per heavy atom. The second-order valence-corrected chi connectivity index (χ2v) is 7.10. The zero-order chi connectivity index (χ0) is 13.7. The molecule has 2 aromatic heterocycles. The van der Waals surface area contributed by atoms with Gasteiger partial charge in [-0.2, -0.15) is 0 Å². The average Bonchev–Trinajstić information content (AvgIpc) is 3.08. The first kappa shape index (κ1) is 14.8. The summed E-state index contributed by atoms with van der Waals surface area (Å²) >= 11 is 3.89. The van der Waals surface area contributed by atoms with Crippen molar-refractivity contribution in [2.45, 2.75) is 46.1 Å². The smallest absolute Gasteiger partial charge is 0.0765 e. The molecule has 0 aliphatic carbocycles. The van der Waals surface area contributed by atoms with Crippen LogP contribution in [0, 0.1) is 0 Å². The maximum Gasteiger partial charge on any atom is 0.0765 e. The van der Waals surface area contributed by atoms with Crippen molar-refractivity contribution in [1.29, 1.82) is 0 Å². The van der Waals surface area contributed by atoms with E-state index in [9.17, 15) is 0 Å². The third kappa shape index (κ3) is 3.68. The topological polar surface area (TPSA) is 12.0 Å². The molecule has 0 aliphatic heterocycles. The van der Waals surface area contributed by atoms with Gasteiger partial charge in [-0.3, -0.25) is 0 Å². The molecular weight excluding hydrogens is 270 g/mol. The number of rotatable bonds is 7. The maximum atomic E-state index is 3.70. The van der Waals surface area contributed by atoms with Gasteiger partial charge in [0.25, 0.3) is 0 Å². The molecular formula is C16H23NS2. The fourth-order valence-electron chi connectivity index (χ4n) is 2.11. The summed E-state index contributed by atoms with van der Waals surface area (Å²) in [7, 11) is 0. The summed E-state index contributed by atoms with van der Waals surface area (Å²) < 4.78 is 0. The summed E-state index contributed by atoms with van der Waals surface area (Å²) in [5, 5.41) is 3.70. The van der Waals surface area contributed by atoms with Crippen LogP contribution in [0.2, 0.25) is 0 Å². The highest BCUT2D eigenvalue weighted by Crippen LogP contribution is 2.33. The molecule has 2 rings (SSSR count). The van der Waals surface area contributed by atoms with E-state index in [1.165, 1.54) is 25.9 Å². The van der Waals surface area contributed by atoms with Gasteiger partial charge in [0.15, 0.2) is 0 Å². The molecule has 0 spiro atoms. The zero-order valence-electron chi connectivity index (χ0n) is 12.0. The van der Waals surface area contributed by atoms with Crippen molar-refractivity contribution in [3.8, 4) is 0 Å². The Kier molecular flexibility index (Phi) is 5.61. The Bertz CT molecular complexity index is 456. The van der Waals surface area contributed by atoms with Crippen LogP contribution in [-0.4, -0.2) is 6.54 Å². The molecule has 0 amide bonds. The highest BCUT2D eigenvalue weighted by atomic mass is 32.1. The maximum absolute atomic E-state index is 3.70. The third-order valence-electron chi connectivity index (χ3n) is 3.23. The molecule has 2 aromatic rings. The van der Waals surface area contributed by atoms with E-state index in [4.69, 9.17) is 0 Å². The third-order valence-corrected chi connectivity index (χ3v) is 5.82. The van der Waals surface area contributed by atoms with Gasteiger partial charge >= 0.3 is 0 Å².